The number of Topliss-reactive ketones (excluding diaryl/α,β-unsaturated/α-hetero) is 1. The molecular formula is C30H31NO6. The Balaban J connectivity index is 1.98. The number of aliphatic hydroxyl groups is 1. The zero-order valence-electron chi connectivity index (χ0n) is 21.9. The predicted octanol–water partition coefficient (Wildman–Crippen LogP) is 5.65. The minimum Gasteiger partial charge on any atom is -0.507 e. The van der Waals surface area contributed by atoms with Gasteiger partial charge in [-0.3, -0.25) is 14.5 Å². The van der Waals surface area contributed by atoms with Gasteiger partial charge in [-0.1, -0.05) is 12.1 Å². The van der Waals surface area contributed by atoms with Crippen LogP contribution in [0.25, 0.3) is 5.76 Å². The molecule has 0 saturated carbocycles. The summed E-state index contributed by atoms with van der Waals surface area (Å²) in [5.74, 6) is -0.0886. The van der Waals surface area contributed by atoms with Crippen LogP contribution in [0.2, 0.25) is 0 Å². The van der Waals surface area contributed by atoms with Crippen molar-refractivity contribution in [1.82, 2.24) is 0 Å². The molecule has 1 saturated heterocycles. The first-order valence-electron chi connectivity index (χ1n) is 12.1. The number of aliphatic hydroxyl groups excluding tert-OH is 1. The van der Waals surface area contributed by atoms with Crippen LogP contribution in [0.15, 0.2) is 60.2 Å². The summed E-state index contributed by atoms with van der Waals surface area (Å²) in [6.07, 6.45) is 0. The van der Waals surface area contributed by atoms with E-state index in [1.165, 1.54) is 4.90 Å². The van der Waals surface area contributed by atoms with Gasteiger partial charge in [0.1, 0.15) is 11.5 Å². The lowest BCUT2D eigenvalue weighted by Gasteiger charge is -2.27. The lowest BCUT2D eigenvalue weighted by molar-refractivity contribution is -0.132. The number of ketones is 1. The maximum Gasteiger partial charge on any atom is 0.300 e. The summed E-state index contributed by atoms with van der Waals surface area (Å²) in [6, 6.07) is 15.1. The van der Waals surface area contributed by atoms with Crippen LogP contribution < -0.4 is 19.1 Å². The Bertz CT molecular complexity index is 1410. The Morgan fingerprint density at radius 1 is 0.865 bits per heavy atom. The van der Waals surface area contributed by atoms with Gasteiger partial charge in [-0.2, -0.15) is 0 Å². The highest BCUT2D eigenvalue weighted by molar-refractivity contribution is 6.51. The molecule has 1 aliphatic heterocycles. The third-order valence-electron chi connectivity index (χ3n) is 6.71. The first-order chi connectivity index (χ1) is 17.7. The number of methoxy groups -OCH3 is 2. The average Bonchev–Trinajstić information content (AvgIpc) is 3.15. The molecule has 0 aliphatic carbocycles. The van der Waals surface area contributed by atoms with Gasteiger partial charge < -0.3 is 19.3 Å². The monoisotopic (exact) mass is 501 g/mol. The fourth-order valence-electron chi connectivity index (χ4n) is 4.60. The number of hydrogen-bond donors (Lipinski definition) is 1. The van der Waals surface area contributed by atoms with E-state index in [2.05, 4.69) is 0 Å². The number of rotatable bonds is 7. The maximum absolute atomic E-state index is 13.5. The van der Waals surface area contributed by atoms with Crippen molar-refractivity contribution in [2.75, 3.05) is 25.7 Å². The topological polar surface area (TPSA) is 85.3 Å². The number of amides is 1. The fourth-order valence-corrected chi connectivity index (χ4v) is 4.60. The van der Waals surface area contributed by atoms with Crippen LogP contribution in [-0.4, -0.2) is 37.6 Å². The zero-order chi connectivity index (χ0) is 26.9. The molecule has 0 aromatic heterocycles. The Labute approximate surface area is 216 Å². The molecule has 7 nitrogen and oxygen atoms in total. The minimum atomic E-state index is -0.881. The molecular weight excluding hydrogens is 470 g/mol. The number of carbonyl (C=O) groups is 2. The smallest absolute Gasteiger partial charge is 0.300 e. The van der Waals surface area contributed by atoms with E-state index in [4.69, 9.17) is 14.2 Å². The molecule has 3 aromatic rings. The first-order valence-corrected chi connectivity index (χ1v) is 12.1. The minimum absolute atomic E-state index is 0.00381. The highest BCUT2D eigenvalue weighted by atomic mass is 16.5. The molecule has 3 aromatic carbocycles. The molecule has 37 heavy (non-hydrogen) atoms. The van der Waals surface area contributed by atoms with Gasteiger partial charge in [0, 0.05) is 11.3 Å². The number of anilines is 1. The van der Waals surface area contributed by atoms with E-state index < -0.39 is 17.7 Å². The highest BCUT2D eigenvalue weighted by Crippen LogP contribution is 2.44. The van der Waals surface area contributed by atoms with Gasteiger partial charge in [0.25, 0.3) is 11.7 Å². The standard InChI is InChI=1S/C30H31NO6/c1-7-37-25-16-20(9-13-24(25)36-6)27-26(28(32)23-12-11-22(35-5)15-19(23)4)29(33)30(34)31(27)21-10-8-17(2)18(3)14-21/h8-16,27,32H,7H2,1-6H3/b28-26+. The summed E-state index contributed by atoms with van der Waals surface area (Å²) in [7, 11) is 3.11. The average molecular weight is 502 g/mol. The second-order valence-corrected chi connectivity index (χ2v) is 8.96. The van der Waals surface area contributed by atoms with E-state index >= 15 is 0 Å². The van der Waals surface area contributed by atoms with Crippen LogP contribution in [0.5, 0.6) is 17.2 Å². The SMILES string of the molecule is CCOc1cc(C2/C(=C(\O)c3ccc(OC)cc3C)C(=O)C(=O)N2c2ccc(C)c(C)c2)ccc1OC. The molecule has 1 atom stereocenters. The summed E-state index contributed by atoms with van der Waals surface area (Å²) >= 11 is 0. The molecule has 1 N–H and O–H groups in total. The molecule has 192 valence electrons. The van der Waals surface area contributed by atoms with Gasteiger partial charge in [-0.05, 0) is 92.4 Å². The predicted molar refractivity (Wildman–Crippen MR) is 143 cm³/mol. The van der Waals surface area contributed by atoms with Crippen LogP contribution in [-0.2, 0) is 9.59 Å². The third kappa shape index (κ3) is 4.65. The molecule has 1 heterocycles. The van der Waals surface area contributed by atoms with Crippen molar-refractivity contribution in [3.05, 3.63) is 88.0 Å². The summed E-state index contributed by atoms with van der Waals surface area (Å²) in [6.45, 7) is 8.01. The van der Waals surface area contributed by atoms with Crippen molar-refractivity contribution in [2.24, 2.45) is 0 Å². The van der Waals surface area contributed by atoms with E-state index in [1.54, 1.807) is 50.6 Å². The second-order valence-electron chi connectivity index (χ2n) is 8.96. The molecule has 4 rings (SSSR count). The number of aryl methyl sites for hydroxylation is 3. The van der Waals surface area contributed by atoms with Gasteiger partial charge in [0.2, 0.25) is 0 Å². The van der Waals surface area contributed by atoms with Gasteiger partial charge in [0.05, 0.1) is 32.4 Å². The quantitative estimate of drug-likeness (QED) is 0.256. The molecule has 1 fully saturated rings. The highest BCUT2D eigenvalue weighted by Gasteiger charge is 2.47. The summed E-state index contributed by atoms with van der Waals surface area (Å²) in [5.41, 5.74) is 4.37. The number of nitrogens with zero attached hydrogens (tertiary/aromatic N) is 1. The van der Waals surface area contributed by atoms with Crippen LogP contribution in [0.1, 0.15) is 40.8 Å². The Morgan fingerprint density at radius 3 is 2.24 bits per heavy atom. The molecule has 1 unspecified atom stereocenters. The van der Waals surface area contributed by atoms with E-state index in [0.717, 1.165) is 11.1 Å². The number of benzene rings is 3. The Hall–Kier alpha value is -4.26. The van der Waals surface area contributed by atoms with Crippen molar-refractivity contribution in [2.45, 2.75) is 33.7 Å². The van der Waals surface area contributed by atoms with Crippen molar-refractivity contribution in [3.8, 4) is 17.2 Å². The number of hydrogen-bond acceptors (Lipinski definition) is 6. The van der Waals surface area contributed by atoms with Gasteiger partial charge in [-0.25, -0.2) is 0 Å². The summed E-state index contributed by atoms with van der Waals surface area (Å²) in [4.78, 5) is 28.5. The number of ether oxygens (including phenoxy) is 3. The zero-order valence-corrected chi connectivity index (χ0v) is 21.9. The summed E-state index contributed by atoms with van der Waals surface area (Å²) in [5, 5.41) is 11.5. The van der Waals surface area contributed by atoms with E-state index in [1.807, 2.05) is 45.9 Å². The molecule has 0 radical (unpaired) electrons. The van der Waals surface area contributed by atoms with E-state index in [-0.39, 0.29) is 11.3 Å². The molecule has 1 amide bonds. The summed E-state index contributed by atoms with van der Waals surface area (Å²) < 4.78 is 16.5. The normalized spacial score (nSPS) is 16.7. The van der Waals surface area contributed by atoms with Crippen LogP contribution >= 0.6 is 0 Å². The van der Waals surface area contributed by atoms with Gasteiger partial charge in [-0.15, -0.1) is 0 Å². The largest absolute Gasteiger partial charge is 0.507 e. The van der Waals surface area contributed by atoms with Crippen molar-refractivity contribution in [3.63, 3.8) is 0 Å². The van der Waals surface area contributed by atoms with Crippen molar-refractivity contribution < 1.29 is 28.9 Å². The van der Waals surface area contributed by atoms with E-state index in [9.17, 15) is 14.7 Å². The Kier molecular flexibility index (Phi) is 7.25. The number of carbonyl (C=O) groups excluding carboxylic acids is 2. The van der Waals surface area contributed by atoms with Crippen LogP contribution in [0.3, 0.4) is 0 Å². The third-order valence-corrected chi connectivity index (χ3v) is 6.71. The van der Waals surface area contributed by atoms with Gasteiger partial charge in [0.15, 0.2) is 11.5 Å². The second kappa shape index (κ2) is 10.4. The molecule has 7 heteroatoms. The van der Waals surface area contributed by atoms with E-state index in [0.29, 0.717) is 46.2 Å². The molecule has 0 spiro atoms. The lowest BCUT2D eigenvalue weighted by Crippen LogP contribution is -2.29. The molecule has 1 aliphatic rings. The first kappa shape index (κ1) is 25.8. The van der Waals surface area contributed by atoms with Crippen LogP contribution in [0.4, 0.5) is 5.69 Å². The van der Waals surface area contributed by atoms with Gasteiger partial charge >= 0.3 is 0 Å². The Morgan fingerprint density at radius 2 is 1.62 bits per heavy atom. The fraction of sp³-hybridized carbons (Fsp3) is 0.267. The molecule has 0 bridgehead atoms. The van der Waals surface area contributed by atoms with Crippen molar-refractivity contribution in [1.29, 1.82) is 0 Å². The maximum atomic E-state index is 13.5. The van der Waals surface area contributed by atoms with Crippen molar-refractivity contribution >= 4 is 23.1 Å². The lowest BCUT2D eigenvalue weighted by atomic mass is 9.93. The van der Waals surface area contributed by atoms with Crippen LogP contribution in [0, 0.1) is 20.8 Å².